The van der Waals surface area contributed by atoms with Crippen molar-refractivity contribution in [2.75, 3.05) is 19.6 Å². The molecular formula is C14H21N3. The molecule has 1 heterocycles. The number of nitrogens with zero attached hydrogens (tertiary/aromatic N) is 1. The van der Waals surface area contributed by atoms with Crippen LogP contribution < -0.4 is 10.6 Å². The van der Waals surface area contributed by atoms with Crippen molar-refractivity contribution in [3.05, 3.63) is 34.9 Å². The minimum Gasteiger partial charge on any atom is -0.356 e. The molecule has 3 heteroatoms. The number of guanidine groups is 1. The lowest BCUT2D eigenvalue weighted by Gasteiger charge is -2.16. The Morgan fingerprint density at radius 1 is 1.24 bits per heavy atom. The standard InChI is InChI=1S/C14H21N3/c1-11-8-12(2)10-13(9-11)4-7-17-14-15-5-3-6-16-14/h8-10H,3-7H2,1-2H3,(H2,15,16,17). The van der Waals surface area contributed by atoms with Gasteiger partial charge in [-0.1, -0.05) is 29.3 Å². The Labute approximate surface area is 103 Å². The van der Waals surface area contributed by atoms with E-state index in [1.165, 1.54) is 16.7 Å². The Morgan fingerprint density at radius 3 is 2.65 bits per heavy atom. The summed E-state index contributed by atoms with van der Waals surface area (Å²) < 4.78 is 0. The van der Waals surface area contributed by atoms with Gasteiger partial charge < -0.3 is 10.6 Å². The van der Waals surface area contributed by atoms with Crippen LogP contribution in [0, 0.1) is 13.8 Å². The maximum atomic E-state index is 4.39. The molecule has 0 amide bonds. The van der Waals surface area contributed by atoms with Crippen LogP contribution >= 0.6 is 0 Å². The van der Waals surface area contributed by atoms with E-state index in [0.717, 1.165) is 38.4 Å². The first-order chi connectivity index (χ1) is 8.24. The van der Waals surface area contributed by atoms with Gasteiger partial charge in [-0.15, -0.1) is 0 Å². The first kappa shape index (κ1) is 12.0. The van der Waals surface area contributed by atoms with E-state index >= 15 is 0 Å². The summed E-state index contributed by atoms with van der Waals surface area (Å²) in [5, 5.41) is 6.61. The molecule has 92 valence electrons. The van der Waals surface area contributed by atoms with Gasteiger partial charge in [-0.25, -0.2) is 0 Å². The van der Waals surface area contributed by atoms with Gasteiger partial charge in [0.05, 0.1) is 0 Å². The predicted molar refractivity (Wildman–Crippen MR) is 72.5 cm³/mol. The molecule has 1 aromatic rings. The number of benzene rings is 1. The third-order valence-electron chi connectivity index (χ3n) is 2.88. The molecule has 0 unspecified atom stereocenters. The Hall–Kier alpha value is -1.51. The van der Waals surface area contributed by atoms with E-state index in [4.69, 9.17) is 0 Å². The number of rotatable bonds is 3. The number of aryl methyl sites for hydroxylation is 2. The van der Waals surface area contributed by atoms with Gasteiger partial charge in [0, 0.05) is 19.6 Å². The van der Waals surface area contributed by atoms with E-state index in [0.29, 0.717) is 0 Å². The van der Waals surface area contributed by atoms with Crippen molar-refractivity contribution in [3.8, 4) is 0 Å². The fourth-order valence-corrected chi connectivity index (χ4v) is 2.19. The monoisotopic (exact) mass is 231 g/mol. The molecule has 2 N–H and O–H groups in total. The molecule has 0 spiro atoms. The summed E-state index contributed by atoms with van der Waals surface area (Å²) in [6, 6.07) is 6.72. The average Bonchev–Trinajstić information content (AvgIpc) is 2.29. The Bertz CT molecular complexity index is 390. The summed E-state index contributed by atoms with van der Waals surface area (Å²) >= 11 is 0. The molecule has 0 atom stereocenters. The molecule has 0 radical (unpaired) electrons. The number of nitrogens with one attached hydrogen (secondary N) is 2. The molecule has 17 heavy (non-hydrogen) atoms. The van der Waals surface area contributed by atoms with Crippen molar-refractivity contribution in [1.29, 1.82) is 0 Å². The van der Waals surface area contributed by atoms with E-state index in [1.807, 2.05) is 0 Å². The first-order valence-electron chi connectivity index (χ1n) is 6.33. The molecule has 1 aliphatic heterocycles. The fourth-order valence-electron chi connectivity index (χ4n) is 2.19. The molecule has 0 bridgehead atoms. The van der Waals surface area contributed by atoms with Crippen LogP contribution in [0.2, 0.25) is 0 Å². The third-order valence-corrected chi connectivity index (χ3v) is 2.88. The highest BCUT2D eigenvalue weighted by Gasteiger charge is 2.02. The molecule has 1 aliphatic rings. The predicted octanol–water partition coefficient (Wildman–Crippen LogP) is 1.78. The van der Waals surface area contributed by atoms with E-state index in [2.05, 4.69) is 47.7 Å². The summed E-state index contributed by atoms with van der Waals surface area (Å²) in [4.78, 5) is 4.39. The van der Waals surface area contributed by atoms with Gasteiger partial charge in [0.2, 0.25) is 0 Å². The van der Waals surface area contributed by atoms with Crippen LogP contribution in [-0.2, 0) is 6.42 Å². The summed E-state index contributed by atoms with van der Waals surface area (Å²) in [6.07, 6.45) is 2.19. The normalized spacial score (nSPS) is 15.1. The molecule has 0 fully saturated rings. The summed E-state index contributed by atoms with van der Waals surface area (Å²) in [5.41, 5.74) is 4.08. The van der Waals surface area contributed by atoms with E-state index < -0.39 is 0 Å². The van der Waals surface area contributed by atoms with Crippen molar-refractivity contribution in [1.82, 2.24) is 10.6 Å². The van der Waals surface area contributed by atoms with Gasteiger partial charge in [-0.3, -0.25) is 4.99 Å². The summed E-state index contributed by atoms with van der Waals surface area (Å²) in [6.45, 7) is 7.22. The molecule has 0 saturated heterocycles. The summed E-state index contributed by atoms with van der Waals surface area (Å²) in [7, 11) is 0. The lowest BCUT2D eigenvalue weighted by molar-refractivity contribution is 0.700. The van der Waals surface area contributed by atoms with Crippen LogP contribution in [-0.4, -0.2) is 25.6 Å². The minimum absolute atomic E-state index is 0.939. The molecule has 2 rings (SSSR count). The second-order valence-corrected chi connectivity index (χ2v) is 4.68. The zero-order valence-electron chi connectivity index (χ0n) is 10.7. The second-order valence-electron chi connectivity index (χ2n) is 4.68. The zero-order chi connectivity index (χ0) is 12.1. The van der Waals surface area contributed by atoms with Gasteiger partial charge in [0.25, 0.3) is 0 Å². The van der Waals surface area contributed by atoms with Crippen molar-refractivity contribution >= 4 is 5.96 Å². The van der Waals surface area contributed by atoms with Gasteiger partial charge in [-0.2, -0.15) is 0 Å². The van der Waals surface area contributed by atoms with Crippen molar-refractivity contribution < 1.29 is 0 Å². The highest BCUT2D eigenvalue weighted by molar-refractivity contribution is 5.80. The quantitative estimate of drug-likeness (QED) is 0.832. The van der Waals surface area contributed by atoms with Gasteiger partial charge in [0.15, 0.2) is 5.96 Å². The van der Waals surface area contributed by atoms with E-state index in [9.17, 15) is 0 Å². The van der Waals surface area contributed by atoms with Crippen LogP contribution in [0.25, 0.3) is 0 Å². The van der Waals surface area contributed by atoms with Crippen LogP contribution in [0.5, 0.6) is 0 Å². The van der Waals surface area contributed by atoms with Gasteiger partial charge in [0.1, 0.15) is 0 Å². The lowest BCUT2D eigenvalue weighted by atomic mass is 10.1. The fraction of sp³-hybridized carbons (Fsp3) is 0.500. The molecule has 0 aromatic heterocycles. The first-order valence-corrected chi connectivity index (χ1v) is 6.33. The second kappa shape index (κ2) is 5.71. The van der Waals surface area contributed by atoms with E-state index in [1.54, 1.807) is 0 Å². The third kappa shape index (κ3) is 3.77. The molecular weight excluding hydrogens is 210 g/mol. The topological polar surface area (TPSA) is 36.4 Å². The SMILES string of the molecule is Cc1cc(C)cc(CCNC2=NCCCN2)c1. The smallest absolute Gasteiger partial charge is 0.191 e. The highest BCUT2D eigenvalue weighted by atomic mass is 15.2. The Balaban J connectivity index is 1.83. The Kier molecular flexibility index (Phi) is 4.02. The van der Waals surface area contributed by atoms with Crippen LogP contribution in [0.3, 0.4) is 0 Å². The Morgan fingerprint density at radius 2 is 2.00 bits per heavy atom. The van der Waals surface area contributed by atoms with Crippen molar-refractivity contribution in [3.63, 3.8) is 0 Å². The number of hydrogen-bond acceptors (Lipinski definition) is 3. The largest absolute Gasteiger partial charge is 0.356 e. The molecule has 3 nitrogen and oxygen atoms in total. The molecule has 0 saturated carbocycles. The van der Waals surface area contributed by atoms with Gasteiger partial charge in [-0.05, 0) is 32.3 Å². The number of hydrogen-bond donors (Lipinski definition) is 2. The van der Waals surface area contributed by atoms with Crippen molar-refractivity contribution in [2.45, 2.75) is 26.7 Å². The lowest BCUT2D eigenvalue weighted by Crippen LogP contribution is -2.41. The molecule has 0 aliphatic carbocycles. The molecule has 1 aromatic carbocycles. The van der Waals surface area contributed by atoms with Crippen molar-refractivity contribution in [2.24, 2.45) is 4.99 Å². The van der Waals surface area contributed by atoms with Crippen LogP contribution in [0.1, 0.15) is 23.1 Å². The van der Waals surface area contributed by atoms with E-state index in [-0.39, 0.29) is 0 Å². The number of aliphatic imine (C=N–C) groups is 1. The average molecular weight is 231 g/mol. The maximum Gasteiger partial charge on any atom is 0.191 e. The maximum absolute atomic E-state index is 4.39. The highest BCUT2D eigenvalue weighted by Crippen LogP contribution is 2.08. The van der Waals surface area contributed by atoms with Crippen LogP contribution in [0.4, 0.5) is 0 Å². The van der Waals surface area contributed by atoms with Crippen LogP contribution in [0.15, 0.2) is 23.2 Å². The van der Waals surface area contributed by atoms with Gasteiger partial charge >= 0.3 is 0 Å². The summed E-state index contributed by atoms with van der Waals surface area (Å²) in [5.74, 6) is 0.959. The zero-order valence-corrected chi connectivity index (χ0v) is 10.7. The minimum atomic E-state index is 0.939.